The molecule has 0 aliphatic carbocycles. The fourth-order valence-electron chi connectivity index (χ4n) is 2.54. The van der Waals surface area contributed by atoms with Crippen molar-refractivity contribution in [3.05, 3.63) is 45.8 Å². The van der Waals surface area contributed by atoms with Crippen LogP contribution in [0.1, 0.15) is 11.8 Å². The third kappa shape index (κ3) is 3.55. The van der Waals surface area contributed by atoms with E-state index < -0.39 is 0 Å². The molecule has 0 saturated heterocycles. The number of carbonyl (C=O) groups is 1. The van der Waals surface area contributed by atoms with Gasteiger partial charge in [0, 0.05) is 10.9 Å². The highest BCUT2D eigenvalue weighted by Crippen LogP contribution is 2.29. The van der Waals surface area contributed by atoms with Gasteiger partial charge in [0.15, 0.2) is 0 Å². The number of methoxy groups -OCH3 is 2. The normalized spacial score (nSPS) is 10.7. The number of anilines is 1. The number of hydrogen-bond donors (Lipinski definition) is 1. The van der Waals surface area contributed by atoms with Crippen molar-refractivity contribution >= 4 is 33.1 Å². The van der Waals surface area contributed by atoms with Crippen molar-refractivity contribution in [2.45, 2.75) is 19.9 Å². The highest BCUT2D eigenvalue weighted by atomic mass is 32.1. The van der Waals surface area contributed by atoms with Gasteiger partial charge in [0.25, 0.3) is 5.56 Å². The maximum absolute atomic E-state index is 12.6. The molecule has 1 N–H and O–H groups in total. The van der Waals surface area contributed by atoms with E-state index in [0.717, 1.165) is 11.3 Å². The van der Waals surface area contributed by atoms with Gasteiger partial charge in [0.05, 0.1) is 31.6 Å². The Morgan fingerprint density at radius 3 is 2.77 bits per heavy atom. The summed E-state index contributed by atoms with van der Waals surface area (Å²) in [7, 11) is 3.06. The topological polar surface area (TPSA) is 82.5 Å². The van der Waals surface area contributed by atoms with Gasteiger partial charge in [0.2, 0.25) is 5.91 Å². The average molecular weight is 373 g/mol. The van der Waals surface area contributed by atoms with Gasteiger partial charge in [-0.3, -0.25) is 14.2 Å². The standard InChI is InChI=1S/C18H19N3O4S/c1-4-12-8-13-17(26-12)19-10-21(18(13)23)9-16(22)20-14-6-5-11(24-2)7-15(14)25-3/h5-8,10H,4,9H2,1-3H3,(H,20,22). The Balaban J connectivity index is 1.81. The Morgan fingerprint density at radius 1 is 1.27 bits per heavy atom. The van der Waals surface area contributed by atoms with Crippen LogP contribution in [0.3, 0.4) is 0 Å². The molecule has 8 heteroatoms. The number of carbonyl (C=O) groups excluding carboxylic acids is 1. The highest BCUT2D eigenvalue weighted by Gasteiger charge is 2.13. The van der Waals surface area contributed by atoms with Crippen LogP contribution in [0.2, 0.25) is 0 Å². The minimum atomic E-state index is -0.345. The van der Waals surface area contributed by atoms with Crippen LogP contribution in [0.4, 0.5) is 5.69 Å². The van der Waals surface area contributed by atoms with E-state index in [1.165, 1.54) is 29.3 Å². The van der Waals surface area contributed by atoms with Crippen LogP contribution in [0.5, 0.6) is 11.5 Å². The van der Waals surface area contributed by atoms with E-state index >= 15 is 0 Å². The Bertz CT molecular complexity index is 1010. The Morgan fingerprint density at radius 2 is 2.08 bits per heavy atom. The van der Waals surface area contributed by atoms with Crippen molar-refractivity contribution in [1.29, 1.82) is 0 Å². The molecule has 7 nitrogen and oxygen atoms in total. The number of hydrogen-bond acceptors (Lipinski definition) is 6. The number of thiophene rings is 1. The van der Waals surface area contributed by atoms with Crippen molar-refractivity contribution in [3.8, 4) is 11.5 Å². The lowest BCUT2D eigenvalue weighted by Gasteiger charge is -2.12. The fraction of sp³-hybridized carbons (Fsp3) is 0.278. The van der Waals surface area contributed by atoms with Crippen molar-refractivity contribution in [3.63, 3.8) is 0 Å². The molecule has 2 heterocycles. The van der Waals surface area contributed by atoms with Gasteiger partial charge < -0.3 is 14.8 Å². The van der Waals surface area contributed by atoms with E-state index in [1.54, 1.807) is 25.3 Å². The number of aromatic nitrogens is 2. The lowest BCUT2D eigenvalue weighted by atomic mass is 10.2. The zero-order chi connectivity index (χ0) is 18.7. The summed E-state index contributed by atoms with van der Waals surface area (Å²) >= 11 is 1.50. The highest BCUT2D eigenvalue weighted by molar-refractivity contribution is 7.18. The largest absolute Gasteiger partial charge is 0.497 e. The van der Waals surface area contributed by atoms with E-state index in [9.17, 15) is 9.59 Å². The van der Waals surface area contributed by atoms with Gasteiger partial charge in [-0.15, -0.1) is 11.3 Å². The lowest BCUT2D eigenvalue weighted by Crippen LogP contribution is -2.27. The first-order chi connectivity index (χ1) is 12.5. The number of ether oxygens (including phenoxy) is 2. The summed E-state index contributed by atoms with van der Waals surface area (Å²) in [5, 5.41) is 3.29. The quantitative estimate of drug-likeness (QED) is 0.718. The summed E-state index contributed by atoms with van der Waals surface area (Å²) in [5.41, 5.74) is 0.284. The Hall–Kier alpha value is -2.87. The van der Waals surface area contributed by atoms with E-state index in [-0.39, 0.29) is 18.0 Å². The van der Waals surface area contributed by atoms with Gasteiger partial charge in [-0.05, 0) is 24.6 Å². The second kappa shape index (κ2) is 7.57. The Labute approximate surface area is 154 Å². The van der Waals surface area contributed by atoms with Gasteiger partial charge in [-0.1, -0.05) is 6.92 Å². The van der Waals surface area contributed by atoms with Crippen LogP contribution in [-0.4, -0.2) is 29.7 Å². The van der Waals surface area contributed by atoms with Gasteiger partial charge in [0.1, 0.15) is 22.9 Å². The lowest BCUT2D eigenvalue weighted by molar-refractivity contribution is -0.116. The minimum absolute atomic E-state index is 0.131. The monoisotopic (exact) mass is 373 g/mol. The maximum atomic E-state index is 12.6. The molecule has 0 radical (unpaired) electrons. The fourth-order valence-corrected chi connectivity index (χ4v) is 3.47. The van der Waals surface area contributed by atoms with Crippen molar-refractivity contribution in [2.24, 2.45) is 0 Å². The zero-order valence-electron chi connectivity index (χ0n) is 14.7. The van der Waals surface area contributed by atoms with Gasteiger partial charge >= 0.3 is 0 Å². The number of fused-ring (bicyclic) bond motifs is 1. The van der Waals surface area contributed by atoms with Crippen LogP contribution < -0.4 is 20.3 Å². The van der Waals surface area contributed by atoms with Gasteiger partial charge in [-0.25, -0.2) is 4.98 Å². The smallest absolute Gasteiger partial charge is 0.262 e. The summed E-state index contributed by atoms with van der Waals surface area (Å²) < 4.78 is 11.7. The summed E-state index contributed by atoms with van der Waals surface area (Å²) in [6.45, 7) is 1.90. The molecule has 0 fully saturated rings. The summed E-state index contributed by atoms with van der Waals surface area (Å²) in [4.78, 5) is 31.0. The summed E-state index contributed by atoms with van der Waals surface area (Å²) in [6.07, 6.45) is 2.25. The molecular weight excluding hydrogens is 354 g/mol. The molecular formula is C18H19N3O4S. The Kier molecular flexibility index (Phi) is 5.22. The molecule has 1 aromatic carbocycles. The number of amides is 1. The first kappa shape index (κ1) is 17.9. The van der Waals surface area contributed by atoms with E-state index in [1.807, 2.05) is 13.0 Å². The molecule has 0 saturated carbocycles. The van der Waals surface area contributed by atoms with Gasteiger partial charge in [-0.2, -0.15) is 0 Å². The summed E-state index contributed by atoms with van der Waals surface area (Å²) in [6, 6.07) is 6.92. The third-order valence-corrected chi connectivity index (χ3v) is 5.10. The van der Waals surface area contributed by atoms with Crippen LogP contribution >= 0.6 is 11.3 Å². The van der Waals surface area contributed by atoms with E-state index in [2.05, 4.69) is 10.3 Å². The first-order valence-electron chi connectivity index (χ1n) is 8.05. The van der Waals surface area contributed by atoms with Crippen molar-refractivity contribution in [2.75, 3.05) is 19.5 Å². The van der Waals surface area contributed by atoms with Crippen LogP contribution in [0.25, 0.3) is 10.2 Å². The van der Waals surface area contributed by atoms with Crippen LogP contribution in [0.15, 0.2) is 35.4 Å². The molecule has 0 aliphatic heterocycles. The van der Waals surface area contributed by atoms with Crippen LogP contribution in [-0.2, 0) is 17.8 Å². The predicted octanol–water partition coefficient (Wildman–Crippen LogP) is 2.68. The minimum Gasteiger partial charge on any atom is -0.497 e. The zero-order valence-corrected chi connectivity index (χ0v) is 15.6. The molecule has 2 aromatic heterocycles. The molecule has 0 unspecified atom stereocenters. The molecule has 3 aromatic rings. The number of nitrogens with zero attached hydrogens (tertiary/aromatic N) is 2. The average Bonchev–Trinajstić information content (AvgIpc) is 3.08. The second-order valence-corrected chi connectivity index (χ2v) is 6.69. The molecule has 1 amide bonds. The number of rotatable bonds is 6. The molecule has 0 atom stereocenters. The van der Waals surface area contributed by atoms with Crippen LogP contribution in [0, 0.1) is 0 Å². The SMILES string of the molecule is CCc1cc2c(=O)n(CC(=O)Nc3ccc(OC)cc3OC)cnc2s1. The number of nitrogens with one attached hydrogen (secondary N) is 1. The first-order valence-corrected chi connectivity index (χ1v) is 8.87. The number of aryl methyl sites for hydroxylation is 1. The van der Waals surface area contributed by atoms with E-state index in [4.69, 9.17) is 9.47 Å². The molecule has 0 aliphatic rings. The van der Waals surface area contributed by atoms with E-state index in [0.29, 0.717) is 27.4 Å². The molecule has 0 bridgehead atoms. The predicted molar refractivity (Wildman–Crippen MR) is 101 cm³/mol. The third-order valence-electron chi connectivity index (χ3n) is 3.91. The van der Waals surface area contributed by atoms with Crippen molar-refractivity contribution in [1.82, 2.24) is 9.55 Å². The number of benzene rings is 1. The molecule has 26 heavy (non-hydrogen) atoms. The summed E-state index contributed by atoms with van der Waals surface area (Å²) in [5.74, 6) is 0.751. The maximum Gasteiger partial charge on any atom is 0.262 e. The molecule has 3 rings (SSSR count). The second-order valence-electron chi connectivity index (χ2n) is 5.58. The molecule has 136 valence electrons. The molecule has 0 spiro atoms. The van der Waals surface area contributed by atoms with Crippen molar-refractivity contribution < 1.29 is 14.3 Å².